The number of ether oxygens (including phenoxy) is 1. The largest absolute Gasteiger partial charge is 0.472 e. The molecule has 1 saturated heterocycles. The van der Waals surface area contributed by atoms with Crippen LogP contribution >= 0.6 is 0 Å². The van der Waals surface area contributed by atoms with Crippen LogP contribution in [-0.4, -0.2) is 34.3 Å². The molecule has 8 heteroatoms. The molecular weight excluding hydrogens is 395 g/mol. The predicted molar refractivity (Wildman–Crippen MR) is 106 cm³/mol. The maximum absolute atomic E-state index is 12.7. The van der Waals surface area contributed by atoms with Gasteiger partial charge in [0, 0.05) is 36.4 Å². The van der Waals surface area contributed by atoms with Gasteiger partial charge in [0.2, 0.25) is 5.88 Å². The summed E-state index contributed by atoms with van der Waals surface area (Å²) < 4.78 is 43.7. The van der Waals surface area contributed by atoms with E-state index >= 15 is 0 Å². The Hall–Kier alpha value is -3.13. The van der Waals surface area contributed by atoms with E-state index in [4.69, 9.17) is 4.74 Å². The molecule has 4 rings (SSSR count). The molecule has 0 radical (unpaired) electrons. The second-order valence-corrected chi connectivity index (χ2v) is 7.08. The molecule has 1 aliphatic heterocycles. The topological polar surface area (TPSA) is 58.5 Å². The molecule has 3 heterocycles. The Morgan fingerprint density at radius 3 is 2.53 bits per heavy atom. The first kappa shape index (κ1) is 20.2. The summed E-state index contributed by atoms with van der Waals surface area (Å²) in [5.41, 5.74) is 2.53. The monoisotopic (exact) mass is 415 g/mol. The van der Waals surface area contributed by atoms with Gasteiger partial charge in [-0.05, 0) is 12.1 Å². The van der Waals surface area contributed by atoms with Gasteiger partial charge >= 0.3 is 6.18 Å². The first-order valence-electron chi connectivity index (χ1n) is 9.54. The van der Waals surface area contributed by atoms with Crippen LogP contribution in [0.2, 0.25) is 0 Å². The van der Waals surface area contributed by atoms with Gasteiger partial charge in [-0.2, -0.15) is 13.2 Å². The minimum Gasteiger partial charge on any atom is -0.472 e. The van der Waals surface area contributed by atoms with Crippen molar-refractivity contribution in [2.75, 3.05) is 18.0 Å². The van der Waals surface area contributed by atoms with Crippen molar-refractivity contribution in [1.29, 1.82) is 0 Å². The van der Waals surface area contributed by atoms with Gasteiger partial charge in [-0.1, -0.05) is 30.3 Å². The molecule has 156 valence electrons. The number of hydrogen-bond acceptors (Lipinski definition) is 5. The highest BCUT2D eigenvalue weighted by molar-refractivity contribution is 5.64. The first-order valence-corrected chi connectivity index (χ1v) is 9.54. The van der Waals surface area contributed by atoms with E-state index in [-0.39, 0.29) is 18.6 Å². The molecule has 0 unspecified atom stereocenters. The number of rotatable bonds is 5. The molecule has 0 aliphatic carbocycles. The van der Waals surface area contributed by atoms with Crippen LogP contribution in [0.25, 0.3) is 11.3 Å². The average Bonchev–Trinajstić information content (AvgIpc) is 3.22. The van der Waals surface area contributed by atoms with Gasteiger partial charge in [0.15, 0.2) is 0 Å². The predicted octanol–water partition coefficient (Wildman–Crippen LogP) is 4.31. The third kappa shape index (κ3) is 4.38. The van der Waals surface area contributed by atoms with E-state index < -0.39 is 11.7 Å². The number of anilines is 1. The Kier molecular flexibility index (Phi) is 5.59. The smallest absolute Gasteiger partial charge is 0.417 e. The number of hydrogen-bond donors (Lipinski definition) is 1. The van der Waals surface area contributed by atoms with Gasteiger partial charge in [-0.15, -0.1) is 0 Å². The highest BCUT2D eigenvalue weighted by atomic mass is 19.4. The Labute approximate surface area is 171 Å². The van der Waals surface area contributed by atoms with E-state index in [9.17, 15) is 18.3 Å². The third-order valence-corrected chi connectivity index (χ3v) is 5.04. The summed E-state index contributed by atoms with van der Waals surface area (Å²) in [6.45, 7) is 1.09. The Balaban J connectivity index is 1.45. The fourth-order valence-electron chi connectivity index (χ4n) is 3.50. The van der Waals surface area contributed by atoms with Crippen LogP contribution in [0.3, 0.4) is 0 Å². The number of alkyl halides is 3. The fourth-order valence-corrected chi connectivity index (χ4v) is 3.50. The standard InChI is InChI=1S/C22H20F3N3O2/c23-22(24,25)17-6-7-21(27-11-17)30-18-8-9-28(13-18)20-12-26-19(10-16(20)14-29)15-4-2-1-3-5-15/h1-7,10-12,18,29H,8-9,13-14H2/t18-/m1/s1. The van der Waals surface area contributed by atoms with Gasteiger partial charge in [0.1, 0.15) is 6.10 Å². The van der Waals surface area contributed by atoms with E-state index in [2.05, 4.69) is 14.9 Å². The molecule has 1 atom stereocenters. The first-order chi connectivity index (χ1) is 14.4. The molecule has 1 fully saturated rings. The van der Waals surface area contributed by atoms with Crippen molar-refractivity contribution in [3.63, 3.8) is 0 Å². The van der Waals surface area contributed by atoms with Crippen molar-refractivity contribution >= 4 is 5.69 Å². The van der Waals surface area contributed by atoms with Crippen molar-refractivity contribution < 1.29 is 23.0 Å². The lowest BCUT2D eigenvalue weighted by Crippen LogP contribution is -2.25. The van der Waals surface area contributed by atoms with Crippen molar-refractivity contribution in [2.24, 2.45) is 0 Å². The van der Waals surface area contributed by atoms with Crippen molar-refractivity contribution in [2.45, 2.75) is 25.3 Å². The molecule has 1 aromatic carbocycles. The van der Waals surface area contributed by atoms with E-state index in [1.165, 1.54) is 6.07 Å². The number of aliphatic hydroxyl groups excluding tert-OH is 1. The molecular formula is C22H20F3N3O2. The quantitative estimate of drug-likeness (QED) is 0.673. The zero-order valence-corrected chi connectivity index (χ0v) is 16.0. The van der Waals surface area contributed by atoms with E-state index in [0.29, 0.717) is 19.5 Å². The zero-order valence-electron chi connectivity index (χ0n) is 16.0. The van der Waals surface area contributed by atoms with Crippen molar-refractivity contribution in [3.05, 3.63) is 72.1 Å². The molecule has 2 aromatic heterocycles. The SMILES string of the molecule is OCc1cc(-c2ccccc2)ncc1N1CC[C@@H](Oc2ccc(C(F)(F)F)cn2)C1. The summed E-state index contributed by atoms with van der Waals surface area (Å²) in [6.07, 6.45) is -1.43. The minimum atomic E-state index is -4.42. The van der Waals surface area contributed by atoms with Crippen LogP contribution in [0.5, 0.6) is 5.88 Å². The Morgan fingerprint density at radius 2 is 1.87 bits per heavy atom. The Morgan fingerprint density at radius 1 is 1.07 bits per heavy atom. The maximum atomic E-state index is 12.7. The molecule has 1 N–H and O–H groups in total. The van der Waals surface area contributed by atoms with E-state index in [0.717, 1.165) is 34.8 Å². The molecule has 30 heavy (non-hydrogen) atoms. The van der Waals surface area contributed by atoms with Crippen LogP contribution in [0, 0.1) is 0 Å². The van der Waals surface area contributed by atoms with Gasteiger partial charge in [-0.3, -0.25) is 4.98 Å². The Bertz CT molecular complexity index is 995. The molecule has 3 aromatic rings. The lowest BCUT2D eigenvalue weighted by molar-refractivity contribution is -0.137. The van der Waals surface area contributed by atoms with Crippen LogP contribution in [-0.2, 0) is 12.8 Å². The van der Waals surface area contributed by atoms with Crippen molar-refractivity contribution in [3.8, 4) is 17.1 Å². The maximum Gasteiger partial charge on any atom is 0.417 e. The summed E-state index contributed by atoms with van der Waals surface area (Å²) in [7, 11) is 0. The molecule has 5 nitrogen and oxygen atoms in total. The second kappa shape index (κ2) is 8.31. The third-order valence-electron chi connectivity index (χ3n) is 5.04. The van der Waals surface area contributed by atoms with Gasteiger partial charge in [0.05, 0.1) is 36.3 Å². The minimum absolute atomic E-state index is 0.125. The van der Waals surface area contributed by atoms with Crippen LogP contribution < -0.4 is 9.64 Å². The normalized spacial score (nSPS) is 16.7. The summed E-state index contributed by atoms with van der Waals surface area (Å²) in [5, 5.41) is 9.86. The number of aliphatic hydroxyl groups is 1. The number of pyridine rings is 2. The van der Waals surface area contributed by atoms with Crippen LogP contribution in [0.15, 0.2) is 60.9 Å². The summed E-state index contributed by atoms with van der Waals surface area (Å²) in [4.78, 5) is 10.4. The fraction of sp³-hybridized carbons (Fsp3) is 0.273. The second-order valence-electron chi connectivity index (χ2n) is 7.08. The lowest BCUT2D eigenvalue weighted by Gasteiger charge is -2.21. The lowest BCUT2D eigenvalue weighted by atomic mass is 10.1. The number of aromatic nitrogens is 2. The van der Waals surface area contributed by atoms with Gasteiger partial charge in [-0.25, -0.2) is 4.98 Å². The van der Waals surface area contributed by atoms with E-state index in [1.54, 1.807) is 6.20 Å². The number of halogens is 3. The summed E-state index contributed by atoms with van der Waals surface area (Å²) in [5.74, 6) is 0.162. The number of nitrogens with zero attached hydrogens (tertiary/aromatic N) is 3. The van der Waals surface area contributed by atoms with Crippen LogP contribution in [0.1, 0.15) is 17.5 Å². The van der Waals surface area contributed by atoms with E-state index in [1.807, 2.05) is 36.4 Å². The highest BCUT2D eigenvalue weighted by Gasteiger charge is 2.31. The van der Waals surface area contributed by atoms with Crippen molar-refractivity contribution in [1.82, 2.24) is 9.97 Å². The molecule has 0 saturated carbocycles. The molecule has 0 amide bonds. The van der Waals surface area contributed by atoms with Crippen LogP contribution in [0.4, 0.5) is 18.9 Å². The van der Waals surface area contributed by atoms with Gasteiger partial charge in [0.25, 0.3) is 0 Å². The highest BCUT2D eigenvalue weighted by Crippen LogP contribution is 2.31. The van der Waals surface area contributed by atoms with Gasteiger partial charge < -0.3 is 14.7 Å². The molecule has 0 bridgehead atoms. The molecule has 1 aliphatic rings. The zero-order chi connectivity index (χ0) is 21.1. The average molecular weight is 415 g/mol. The number of benzene rings is 1. The molecule has 0 spiro atoms. The summed E-state index contributed by atoms with van der Waals surface area (Å²) >= 11 is 0. The summed E-state index contributed by atoms with van der Waals surface area (Å²) in [6, 6.07) is 13.8.